The monoisotopic (exact) mass is 356 g/mol. The molecule has 0 spiro atoms. The summed E-state index contributed by atoms with van der Waals surface area (Å²) >= 11 is 0. The zero-order valence-electron chi connectivity index (χ0n) is 15.8. The summed E-state index contributed by atoms with van der Waals surface area (Å²) in [6.07, 6.45) is 1.73. The van der Waals surface area contributed by atoms with Crippen molar-refractivity contribution < 1.29 is 4.74 Å². The van der Waals surface area contributed by atoms with Crippen LogP contribution < -0.4 is 38.7 Å². The lowest BCUT2D eigenvalue weighted by atomic mass is 10.0. The molecule has 0 amide bonds. The molecule has 0 aliphatic carbocycles. The summed E-state index contributed by atoms with van der Waals surface area (Å²) in [6, 6.07) is 0. The summed E-state index contributed by atoms with van der Waals surface area (Å²) in [6.45, 7) is 11.6. The summed E-state index contributed by atoms with van der Waals surface area (Å²) in [5.41, 5.74) is 37.0. The van der Waals surface area contributed by atoms with Gasteiger partial charge in [-0.15, -0.1) is 6.58 Å². The van der Waals surface area contributed by atoms with Crippen molar-refractivity contribution in [2.45, 2.75) is 27.7 Å². The molecule has 140 valence electrons. The summed E-state index contributed by atoms with van der Waals surface area (Å²) in [5, 5.41) is 3.16. The lowest BCUT2D eigenvalue weighted by Crippen LogP contribution is -2.11. The van der Waals surface area contributed by atoms with Crippen molar-refractivity contribution in [3.8, 4) is 11.5 Å². The Hall–Kier alpha value is -3.22. The van der Waals surface area contributed by atoms with Crippen LogP contribution in [0.15, 0.2) is 12.7 Å². The molecule has 7 heteroatoms. The maximum atomic E-state index is 6.27. The van der Waals surface area contributed by atoms with E-state index < -0.39 is 0 Å². The third kappa shape index (κ3) is 2.92. The van der Waals surface area contributed by atoms with Crippen LogP contribution in [-0.2, 0) is 0 Å². The molecule has 0 fully saturated rings. The second-order valence-corrected chi connectivity index (χ2v) is 6.37. The van der Waals surface area contributed by atoms with E-state index in [1.165, 1.54) is 0 Å². The fourth-order valence-corrected chi connectivity index (χ4v) is 2.83. The lowest BCUT2D eigenvalue weighted by molar-refractivity contribution is 0.480. The Morgan fingerprint density at radius 3 is 1.62 bits per heavy atom. The zero-order valence-corrected chi connectivity index (χ0v) is 15.8. The Morgan fingerprint density at radius 2 is 1.19 bits per heavy atom. The number of ether oxygens (including phenoxy) is 1. The minimum absolute atomic E-state index is 0.367. The molecule has 0 aromatic heterocycles. The molecule has 11 N–H and O–H groups in total. The van der Waals surface area contributed by atoms with E-state index in [1.807, 2.05) is 27.7 Å². The van der Waals surface area contributed by atoms with Crippen LogP contribution in [0.4, 0.5) is 34.1 Å². The number of anilines is 6. The summed E-state index contributed by atoms with van der Waals surface area (Å²) in [7, 11) is 0. The molecule has 0 aliphatic rings. The Labute approximate surface area is 154 Å². The largest absolute Gasteiger partial charge is 0.452 e. The van der Waals surface area contributed by atoms with Gasteiger partial charge in [-0.05, 0) is 38.8 Å². The number of nitrogens with two attached hydrogens (primary N) is 5. The van der Waals surface area contributed by atoms with Crippen LogP contribution in [0.5, 0.6) is 11.5 Å². The van der Waals surface area contributed by atoms with Gasteiger partial charge in [0.1, 0.15) is 5.75 Å². The zero-order chi connectivity index (χ0) is 19.8. The van der Waals surface area contributed by atoms with Crippen molar-refractivity contribution in [3.63, 3.8) is 0 Å². The average Bonchev–Trinajstić information content (AvgIpc) is 2.62. The minimum Gasteiger partial charge on any atom is -0.452 e. The number of hydrogen-bond acceptors (Lipinski definition) is 7. The Balaban J connectivity index is 2.64. The fraction of sp³-hybridized carbons (Fsp3) is 0.263. The highest BCUT2D eigenvalue weighted by molar-refractivity contribution is 5.88. The van der Waals surface area contributed by atoms with E-state index in [-0.39, 0.29) is 0 Å². The molecule has 2 aromatic carbocycles. The molecule has 0 aliphatic heterocycles. The van der Waals surface area contributed by atoms with Crippen LogP contribution in [-0.4, -0.2) is 6.54 Å². The van der Waals surface area contributed by atoms with Gasteiger partial charge in [0.25, 0.3) is 0 Å². The van der Waals surface area contributed by atoms with Crippen LogP contribution in [0, 0.1) is 27.7 Å². The second kappa shape index (κ2) is 6.95. The van der Waals surface area contributed by atoms with Crippen molar-refractivity contribution in [1.29, 1.82) is 0 Å². The van der Waals surface area contributed by atoms with Crippen molar-refractivity contribution >= 4 is 34.1 Å². The number of hydrogen-bond donors (Lipinski definition) is 6. The molecule has 0 radical (unpaired) electrons. The molecule has 7 nitrogen and oxygen atoms in total. The van der Waals surface area contributed by atoms with Gasteiger partial charge in [-0.2, -0.15) is 0 Å². The second-order valence-electron chi connectivity index (χ2n) is 6.37. The maximum Gasteiger partial charge on any atom is 0.173 e. The van der Waals surface area contributed by atoms with Gasteiger partial charge in [0.2, 0.25) is 0 Å². The number of nitrogen functional groups attached to an aromatic ring is 5. The summed E-state index contributed by atoms with van der Waals surface area (Å²) < 4.78 is 6.13. The van der Waals surface area contributed by atoms with Crippen LogP contribution >= 0.6 is 0 Å². The molecule has 2 aromatic rings. The third-order valence-electron chi connectivity index (χ3n) is 4.76. The van der Waals surface area contributed by atoms with Crippen LogP contribution in [0.3, 0.4) is 0 Å². The SMILES string of the molecule is C=CCNc1c(N)c(C)c(Oc2c(N)c(C)c(N)c(C)c2N)c(C)c1N. The maximum absolute atomic E-state index is 6.27. The van der Waals surface area contributed by atoms with E-state index in [1.54, 1.807) is 6.08 Å². The van der Waals surface area contributed by atoms with Gasteiger partial charge >= 0.3 is 0 Å². The molecular formula is C19H28N6O. The van der Waals surface area contributed by atoms with Gasteiger partial charge < -0.3 is 38.7 Å². The quantitative estimate of drug-likeness (QED) is 0.355. The molecule has 0 saturated carbocycles. The van der Waals surface area contributed by atoms with Gasteiger partial charge in [0.05, 0.1) is 28.4 Å². The topological polar surface area (TPSA) is 151 Å². The van der Waals surface area contributed by atoms with Crippen molar-refractivity contribution in [2.75, 3.05) is 40.5 Å². The first-order chi connectivity index (χ1) is 12.1. The van der Waals surface area contributed by atoms with E-state index in [0.717, 1.165) is 22.3 Å². The Bertz CT molecular complexity index is 831. The number of benzene rings is 2. The molecule has 0 heterocycles. The molecule has 0 atom stereocenters. The van der Waals surface area contributed by atoms with E-state index in [9.17, 15) is 0 Å². The highest BCUT2D eigenvalue weighted by Crippen LogP contribution is 2.46. The minimum atomic E-state index is 0.367. The first kappa shape index (κ1) is 19.1. The van der Waals surface area contributed by atoms with Gasteiger partial charge in [-0.25, -0.2) is 0 Å². The van der Waals surface area contributed by atoms with Crippen molar-refractivity contribution in [3.05, 3.63) is 34.9 Å². The van der Waals surface area contributed by atoms with Crippen molar-refractivity contribution in [1.82, 2.24) is 0 Å². The average molecular weight is 356 g/mol. The van der Waals surface area contributed by atoms with Gasteiger partial charge in [0.15, 0.2) is 5.75 Å². The summed E-state index contributed by atoms with van der Waals surface area (Å²) in [5.74, 6) is 0.900. The highest BCUT2D eigenvalue weighted by Gasteiger charge is 2.21. The predicted molar refractivity (Wildman–Crippen MR) is 113 cm³/mol. The summed E-state index contributed by atoms with van der Waals surface area (Å²) in [4.78, 5) is 0. The Kier molecular flexibility index (Phi) is 5.11. The normalized spacial score (nSPS) is 10.6. The molecule has 0 saturated heterocycles. The van der Waals surface area contributed by atoms with Crippen LogP contribution in [0.2, 0.25) is 0 Å². The molecule has 26 heavy (non-hydrogen) atoms. The van der Waals surface area contributed by atoms with E-state index in [4.69, 9.17) is 33.4 Å². The highest BCUT2D eigenvalue weighted by atomic mass is 16.5. The standard InChI is InChI=1S/C19H28N6O/c1-6-7-25-17-13(21)10(4)18(11(5)14(17)22)26-19-15(23)8(2)12(20)9(3)16(19)24/h6,25H,1,7,20-24H2,2-5H3. The van der Waals surface area contributed by atoms with E-state index in [0.29, 0.717) is 52.2 Å². The van der Waals surface area contributed by atoms with Crippen molar-refractivity contribution in [2.24, 2.45) is 0 Å². The Morgan fingerprint density at radius 1 is 0.731 bits per heavy atom. The molecular weight excluding hydrogens is 328 g/mol. The van der Waals surface area contributed by atoms with Gasteiger partial charge in [-0.3, -0.25) is 0 Å². The first-order valence-electron chi connectivity index (χ1n) is 8.27. The smallest absolute Gasteiger partial charge is 0.173 e. The van der Waals surface area contributed by atoms with Crippen LogP contribution in [0.25, 0.3) is 0 Å². The predicted octanol–water partition coefficient (Wildman–Crippen LogP) is 3.22. The van der Waals surface area contributed by atoms with E-state index in [2.05, 4.69) is 11.9 Å². The molecule has 0 unspecified atom stereocenters. The van der Waals surface area contributed by atoms with E-state index >= 15 is 0 Å². The van der Waals surface area contributed by atoms with Crippen LogP contribution in [0.1, 0.15) is 22.3 Å². The lowest BCUT2D eigenvalue weighted by Gasteiger charge is -2.23. The first-order valence-corrected chi connectivity index (χ1v) is 8.27. The van der Waals surface area contributed by atoms with Gasteiger partial charge in [0, 0.05) is 23.4 Å². The molecule has 2 rings (SSSR count). The van der Waals surface area contributed by atoms with Gasteiger partial charge in [-0.1, -0.05) is 6.08 Å². The third-order valence-corrected chi connectivity index (χ3v) is 4.76. The fourth-order valence-electron chi connectivity index (χ4n) is 2.83. The number of rotatable bonds is 5. The number of nitrogens with one attached hydrogen (secondary N) is 1. The molecule has 0 bridgehead atoms.